The maximum absolute atomic E-state index is 13.7. The van der Waals surface area contributed by atoms with E-state index in [1.165, 1.54) is 7.11 Å². The number of methoxy groups -OCH3 is 3. The van der Waals surface area contributed by atoms with Crippen molar-refractivity contribution in [2.24, 2.45) is 0 Å². The first-order valence-electron chi connectivity index (χ1n) is 10.9. The lowest BCUT2D eigenvalue weighted by molar-refractivity contribution is 0.102. The van der Waals surface area contributed by atoms with Gasteiger partial charge in [0.1, 0.15) is 40.9 Å². The minimum Gasteiger partial charge on any atom is -0.497 e. The first kappa shape index (κ1) is 23.8. The van der Waals surface area contributed by atoms with Crippen molar-refractivity contribution in [3.63, 3.8) is 0 Å². The van der Waals surface area contributed by atoms with Gasteiger partial charge in [-0.3, -0.25) is 4.79 Å². The fourth-order valence-corrected chi connectivity index (χ4v) is 3.63. The number of carbonyl (C=O) groups excluding carboxylic acids is 1. The van der Waals surface area contributed by atoms with Crippen molar-refractivity contribution in [2.45, 2.75) is 6.92 Å². The third kappa shape index (κ3) is 5.09. The fraction of sp³-hybridized carbons (Fsp3) is 0.179. The van der Waals surface area contributed by atoms with Crippen LogP contribution < -0.4 is 24.3 Å². The van der Waals surface area contributed by atoms with E-state index < -0.39 is 0 Å². The zero-order valence-electron chi connectivity index (χ0n) is 20.1. The number of benzene rings is 3. The van der Waals surface area contributed by atoms with Crippen molar-refractivity contribution in [3.05, 3.63) is 78.4 Å². The molecule has 4 rings (SSSR count). The van der Waals surface area contributed by atoms with E-state index in [9.17, 15) is 4.79 Å². The van der Waals surface area contributed by atoms with Gasteiger partial charge in [-0.15, -0.1) is 0 Å². The van der Waals surface area contributed by atoms with Gasteiger partial charge in [0, 0.05) is 17.0 Å². The quantitative estimate of drug-likeness (QED) is 0.286. The number of nitrogens with one attached hydrogen (secondary N) is 1. The average molecular weight is 474 g/mol. The molecule has 0 unspecified atom stereocenters. The molecule has 180 valence electrons. The SMILES string of the molecule is C=C(C)COc1ccc2oc(-c3ccc(OC)cc3)c(C(=O)Nc3ccc(OC)cc3OC)c2c1. The van der Waals surface area contributed by atoms with E-state index in [-0.39, 0.29) is 5.91 Å². The van der Waals surface area contributed by atoms with E-state index in [1.54, 1.807) is 50.6 Å². The zero-order chi connectivity index (χ0) is 24.9. The van der Waals surface area contributed by atoms with E-state index in [0.29, 0.717) is 57.6 Å². The topological polar surface area (TPSA) is 79.2 Å². The Hall–Kier alpha value is -4.39. The fourth-order valence-electron chi connectivity index (χ4n) is 3.63. The third-order valence-electron chi connectivity index (χ3n) is 5.38. The lowest BCUT2D eigenvalue weighted by Crippen LogP contribution is -2.13. The normalized spacial score (nSPS) is 10.6. The largest absolute Gasteiger partial charge is 0.497 e. The maximum atomic E-state index is 13.7. The van der Waals surface area contributed by atoms with Gasteiger partial charge in [0.15, 0.2) is 0 Å². The van der Waals surface area contributed by atoms with Crippen molar-refractivity contribution < 1.29 is 28.2 Å². The molecule has 0 aliphatic carbocycles. The third-order valence-corrected chi connectivity index (χ3v) is 5.38. The molecule has 0 aliphatic heterocycles. The van der Waals surface area contributed by atoms with Gasteiger partial charge in [-0.05, 0) is 67.1 Å². The molecule has 0 atom stereocenters. The standard InChI is InChI=1S/C28H27NO6/c1-17(2)16-34-21-11-13-24-22(14-21)26(27(35-24)18-6-8-19(31-3)9-7-18)28(30)29-23-12-10-20(32-4)15-25(23)33-5/h6-15H,1,16H2,2-5H3,(H,29,30). The lowest BCUT2D eigenvalue weighted by Gasteiger charge is -2.12. The second kappa shape index (κ2) is 10.3. The Bertz CT molecular complexity index is 1370. The minimum absolute atomic E-state index is 0.352. The summed E-state index contributed by atoms with van der Waals surface area (Å²) < 4.78 is 28.0. The van der Waals surface area contributed by atoms with Gasteiger partial charge >= 0.3 is 0 Å². The predicted molar refractivity (Wildman–Crippen MR) is 136 cm³/mol. The molecule has 0 radical (unpaired) electrons. The van der Waals surface area contributed by atoms with Gasteiger partial charge in [-0.1, -0.05) is 6.58 Å². The van der Waals surface area contributed by atoms with Gasteiger partial charge in [-0.25, -0.2) is 0 Å². The van der Waals surface area contributed by atoms with Crippen LogP contribution in [0.2, 0.25) is 0 Å². The van der Waals surface area contributed by atoms with E-state index in [0.717, 1.165) is 11.1 Å². The summed E-state index contributed by atoms with van der Waals surface area (Å²) in [5.74, 6) is 2.49. The van der Waals surface area contributed by atoms with Crippen LogP contribution in [0, 0.1) is 0 Å². The van der Waals surface area contributed by atoms with Gasteiger partial charge in [-0.2, -0.15) is 0 Å². The molecule has 0 bridgehead atoms. The summed E-state index contributed by atoms with van der Waals surface area (Å²) in [6.45, 7) is 6.14. The Morgan fingerprint density at radius 2 is 1.57 bits per heavy atom. The van der Waals surface area contributed by atoms with Crippen molar-refractivity contribution in [2.75, 3.05) is 33.3 Å². The average Bonchev–Trinajstić information content (AvgIpc) is 3.26. The summed E-state index contributed by atoms with van der Waals surface area (Å²) in [6.07, 6.45) is 0. The van der Waals surface area contributed by atoms with Gasteiger partial charge in [0.05, 0.1) is 32.6 Å². The summed E-state index contributed by atoms with van der Waals surface area (Å²) in [4.78, 5) is 13.7. The molecule has 0 spiro atoms. The van der Waals surface area contributed by atoms with E-state index in [4.69, 9.17) is 23.4 Å². The number of amides is 1. The number of carbonyl (C=O) groups is 1. The van der Waals surface area contributed by atoms with Crippen LogP contribution in [0.15, 0.2) is 77.2 Å². The lowest BCUT2D eigenvalue weighted by atomic mass is 10.0. The Labute approximate surface area is 203 Å². The molecule has 35 heavy (non-hydrogen) atoms. The second-order valence-corrected chi connectivity index (χ2v) is 7.96. The van der Waals surface area contributed by atoms with Gasteiger partial charge in [0.25, 0.3) is 5.91 Å². The van der Waals surface area contributed by atoms with Gasteiger partial charge in [0.2, 0.25) is 0 Å². The Balaban J connectivity index is 1.81. The molecule has 7 nitrogen and oxygen atoms in total. The van der Waals surface area contributed by atoms with Crippen molar-refractivity contribution in [3.8, 4) is 34.3 Å². The highest BCUT2D eigenvalue weighted by atomic mass is 16.5. The summed E-state index contributed by atoms with van der Waals surface area (Å²) in [5, 5.41) is 3.58. The van der Waals surface area contributed by atoms with Crippen molar-refractivity contribution in [1.29, 1.82) is 0 Å². The van der Waals surface area contributed by atoms with Crippen LogP contribution in [0.5, 0.6) is 23.0 Å². The summed E-state index contributed by atoms with van der Waals surface area (Å²) >= 11 is 0. The smallest absolute Gasteiger partial charge is 0.260 e. The molecule has 1 aromatic heterocycles. The number of ether oxygens (including phenoxy) is 4. The summed E-state index contributed by atoms with van der Waals surface area (Å²) in [6, 6.07) is 17.9. The highest BCUT2D eigenvalue weighted by Gasteiger charge is 2.24. The first-order valence-corrected chi connectivity index (χ1v) is 10.9. The van der Waals surface area contributed by atoms with Crippen LogP contribution >= 0.6 is 0 Å². The monoisotopic (exact) mass is 473 g/mol. The summed E-state index contributed by atoms with van der Waals surface area (Å²) in [5.41, 5.74) is 3.07. The number of furan rings is 1. The predicted octanol–water partition coefficient (Wildman–Crippen LogP) is 6.33. The zero-order valence-corrected chi connectivity index (χ0v) is 20.1. The van der Waals surface area contributed by atoms with Crippen LogP contribution in [-0.4, -0.2) is 33.8 Å². The minimum atomic E-state index is -0.352. The van der Waals surface area contributed by atoms with Crippen LogP contribution in [0.25, 0.3) is 22.3 Å². The van der Waals surface area contributed by atoms with Crippen LogP contribution in [0.1, 0.15) is 17.3 Å². The maximum Gasteiger partial charge on any atom is 0.260 e. The Morgan fingerprint density at radius 1 is 0.886 bits per heavy atom. The molecular weight excluding hydrogens is 446 g/mol. The first-order chi connectivity index (χ1) is 16.9. The van der Waals surface area contributed by atoms with Gasteiger partial charge < -0.3 is 28.7 Å². The van der Waals surface area contributed by atoms with Crippen LogP contribution in [0.3, 0.4) is 0 Å². The van der Waals surface area contributed by atoms with Crippen molar-refractivity contribution >= 4 is 22.6 Å². The van der Waals surface area contributed by atoms with E-state index in [1.807, 2.05) is 31.2 Å². The number of rotatable bonds is 9. The van der Waals surface area contributed by atoms with Crippen LogP contribution in [-0.2, 0) is 0 Å². The second-order valence-electron chi connectivity index (χ2n) is 7.96. The molecule has 7 heteroatoms. The van der Waals surface area contributed by atoms with Crippen molar-refractivity contribution in [1.82, 2.24) is 0 Å². The molecular formula is C28H27NO6. The van der Waals surface area contributed by atoms with E-state index >= 15 is 0 Å². The highest BCUT2D eigenvalue weighted by molar-refractivity contribution is 6.17. The number of anilines is 1. The molecule has 1 amide bonds. The van der Waals surface area contributed by atoms with Crippen LogP contribution in [0.4, 0.5) is 5.69 Å². The highest BCUT2D eigenvalue weighted by Crippen LogP contribution is 2.38. The summed E-state index contributed by atoms with van der Waals surface area (Å²) in [7, 11) is 4.70. The Morgan fingerprint density at radius 3 is 2.23 bits per heavy atom. The van der Waals surface area contributed by atoms with E-state index in [2.05, 4.69) is 11.9 Å². The molecule has 0 saturated heterocycles. The molecule has 0 fully saturated rings. The number of hydrogen-bond acceptors (Lipinski definition) is 6. The molecule has 1 N–H and O–H groups in total. The molecule has 4 aromatic rings. The molecule has 1 heterocycles. The molecule has 0 aliphatic rings. The number of hydrogen-bond donors (Lipinski definition) is 1. The number of fused-ring (bicyclic) bond motifs is 1. The molecule has 0 saturated carbocycles. The molecule has 3 aromatic carbocycles. The Kier molecular flexibility index (Phi) is 6.96.